The molecule has 70 valence electrons. The quantitative estimate of drug-likeness (QED) is 0.726. The van der Waals surface area contributed by atoms with Gasteiger partial charge in [0, 0.05) is 26.0 Å². The van der Waals surface area contributed by atoms with Gasteiger partial charge in [0.25, 0.3) is 0 Å². The summed E-state index contributed by atoms with van der Waals surface area (Å²) in [6.45, 7) is 2.15. The predicted octanol–water partition coefficient (Wildman–Crippen LogP) is 1.97. The zero-order valence-corrected chi connectivity index (χ0v) is 8.63. The fourth-order valence-electron chi connectivity index (χ4n) is 1.44. The van der Waals surface area contributed by atoms with E-state index in [1.165, 1.54) is 5.56 Å². The molecule has 0 radical (unpaired) electrons. The van der Waals surface area contributed by atoms with Crippen LogP contribution in [0.3, 0.4) is 0 Å². The van der Waals surface area contributed by atoms with Gasteiger partial charge in [0.1, 0.15) is 0 Å². The third kappa shape index (κ3) is 2.25. The Morgan fingerprint density at radius 2 is 2.38 bits per heavy atom. The highest BCUT2D eigenvalue weighted by molar-refractivity contribution is 7.07. The van der Waals surface area contributed by atoms with Crippen molar-refractivity contribution in [1.29, 1.82) is 0 Å². The largest absolute Gasteiger partial charge is 0.362 e. The van der Waals surface area contributed by atoms with E-state index in [1.807, 2.05) is 0 Å². The second-order valence-corrected chi connectivity index (χ2v) is 4.17. The maximum Gasteiger partial charge on any atom is 0.0890 e. The van der Waals surface area contributed by atoms with Crippen molar-refractivity contribution in [2.24, 2.45) is 0 Å². The number of thiophene rings is 1. The summed E-state index contributed by atoms with van der Waals surface area (Å²) >= 11 is 1.78. The molecule has 0 fully saturated rings. The molecule has 1 aliphatic rings. The molecule has 1 aromatic rings. The highest BCUT2D eigenvalue weighted by Crippen LogP contribution is 2.09. The lowest BCUT2D eigenvalue weighted by Crippen LogP contribution is -2.24. The fraction of sp³-hybridized carbons (Fsp3) is 0.400. The molecule has 0 spiro atoms. The van der Waals surface area contributed by atoms with Crippen molar-refractivity contribution in [2.75, 3.05) is 20.3 Å². The van der Waals surface area contributed by atoms with Crippen LogP contribution in [0.4, 0.5) is 0 Å². The Morgan fingerprint density at radius 3 is 3.00 bits per heavy atom. The Hall–Kier alpha value is -0.960. The lowest BCUT2D eigenvalue weighted by molar-refractivity contribution is 0.299. The van der Waals surface area contributed by atoms with Gasteiger partial charge in [-0.15, -0.1) is 0 Å². The van der Waals surface area contributed by atoms with Crippen LogP contribution in [0.25, 0.3) is 0 Å². The van der Waals surface area contributed by atoms with E-state index in [1.54, 1.807) is 11.3 Å². The fourth-order valence-corrected chi connectivity index (χ4v) is 2.14. The average Bonchev–Trinajstić information content (AvgIpc) is 2.71. The maximum absolute atomic E-state index is 2.33. The van der Waals surface area contributed by atoms with E-state index >= 15 is 0 Å². The van der Waals surface area contributed by atoms with Crippen LogP contribution in [-0.2, 0) is 6.42 Å². The van der Waals surface area contributed by atoms with Gasteiger partial charge in [0.2, 0.25) is 0 Å². The van der Waals surface area contributed by atoms with Crippen LogP contribution in [0, 0.1) is 0 Å². The molecular weight excluding hydrogens is 180 g/mol. The van der Waals surface area contributed by atoms with Crippen molar-refractivity contribution in [3.05, 3.63) is 34.8 Å². The summed E-state index contributed by atoms with van der Waals surface area (Å²) in [7, 11) is 2.10. The number of rotatable bonds is 3. The van der Waals surface area contributed by atoms with Crippen molar-refractivity contribution in [1.82, 2.24) is 9.80 Å². The minimum atomic E-state index is 1.03. The first kappa shape index (κ1) is 8.63. The Kier molecular flexibility index (Phi) is 2.54. The molecule has 0 aliphatic carbocycles. The van der Waals surface area contributed by atoms with Crippen molar-refractivity contribution in [3.63, 3.8) is 0 Å². The normalized spacial score (nSPS) is 15.8. The third-order valence-electron chi connectivity index (χ3n) is 2.20. The van der Waals surface area contributed by atoms with E-state index in [-0.39, 0.29) is 0 Å². The van der Waals surface area contributed by atoms with Crippen molar-refractivity contribution < 1.29 is 0 Å². The van der Waals surface area contributed by atoms with Crippen LogP contribution in [0.2, 0.25) is 0 Å². The summed E-state index contributed by atoms with van der Waals surface area (Å²) in [5.41, 5.74) is 1.45. The van der Waals surface area contributed by atoms with Gasteiger partial charge in [0.05, 0.1) is 6.67 Å². The summed E-state index contributed by atoms with van der Waals surface area (Å²) in [5, 5.41) is 4.37. The molecule has 0 atom stereocenters. The molecule has 2 nitrogen and oxygen atoms in total. The van der Waals surface area contributed by atoms with Crippen molar-refractivity contribution >= 4 is 11.3 Å². The second-order valence-electron chi connectivity index (χ2n) is 3.39. The van der Waals surface area contributed by atoms with E-state index in [9.17, 15) is 0 Å². The molecule has 3 heteroatoms. The highest BCUT2D eigenvalue weighted by atomic mass is 32.1. The van der Waals surface area contributed by atoms with Gasteiger partial charge in [-0.05, 0) is 28.8 Å². The molecular formula is C10H14N2S. The molecule has 0 aromatic carbocycles. The summed E-state index contributed by atoms with van der Waals surface area (Å²) in [6, 6.07) is 2.20. The predicted molar refractivity (Wildman–Crippen MR) is 56.5 cm³/mol. The van der Waals surface area contributed by atoms with Gasteiger partial charge in [-0.1, -0.05) is 0 Å². The molecule has 1 aromatic heterocycles. The molecule has 0 N–H and O–H groups in total. The van der Waals surface area contributed by atoms with Crippen LogP contribution in [-0.4, -0.2) is 30.1 Å². The molecule has 2 rings (SSSR count). The topological polar surface area (TPSA) is 6.48 Å². The zero-order valence-electron chi connectivity index (χ0n) is 7.81. The van der Waals surface area contributed by atoms with Crippen LogP contribution in [0.15, 0.2) is 29.2 Å². The first-order valence-electron chi connectivity index (χ1n) is 4.48. The number of nitrogens with zero attached hydrogens (tertiary/aromatic N) is 2. The Balaban J connectivity index is 1.78. The highest BCUT2D eigenvalue weighted by Gasteiger charge is 2.07. The van der Waals surface area contributed by atoms with E-state index in [0.717, 1.165) is 19.6 Å². The van der Waals surface area contributed by atoms with Gasteiger partial charge in [0.15, 0.2) is 0 Å². The molecule has 0 saturated heterocycles. The lowest BCUT2D eigenvalue weighted by Gasteiger charge is -2.17. The van der Waals surface area contributed by atoms with E-state index in [0.29, 0.717) is 0 Å². The first-order chi connectivity index (χ1) is 6.34. The number of hydrogen-bond acceptors (Lipinski definition) is 3. The smallest absolute Gasteiger partial charge is 0.0890 e. The average molecular weight is 194 g/mol. The maximum atomic E-state index is 2.33. The Morgan fingerprint density at radius 1 is 1.46 bits per heavy atom. The standard InChI is InChI=1S/C10H14N2S/c1-11-5-6-12(9-11)4-2-10-3-7-13-8-10/h3,5-8H,2,4,9H2,1H3. The SMILES string of the molecule is CN1C=CN(CCc2ccsc2)C1. The number of hydrogen-bond donors (Lipinski definition) is 0. The van der Waals surface area contributed by atoms with Crippen LogP contribution in [0.5, 0.6) is 0 Å². The molecule has 2 heterocycles. The van der Waals surface area contributed by atoms with E-state index < -0.39 is 0 Å². The molecule has 0 saturated carbocycles. The molecule has 0 unspecified atom stereocenters. The minimum Gasteiger partial charge on any atom is -0.362 e. The summed E-state index contributed by atoms with van der Waals surface area (Å²) in [4.78, 5) is 4.52. The molecule has 1 aliphatic heterocycles. The van der Waals surface area contributed by atoms with Crippen LogP contribution >= 0.6 is 11.3 Å². The van der Waals surface area contributed by atoms with Gasteiger partial charge in [-0.25, -0.2) is 0 Å². The van der Waals surface area contributed by atoms with Gasteiger partial charge < -0.3 is 9.80 Å². The van der Waals surface area contributed by atoms with Crippen LogP contribution < -0.4 is 0 Å². The summed E-state index contributed by atoms with van der Waals surface area (Å²) in [5.74, 6) is 0. The Labute approximate surface area is 83.1 Å². The Bertz CT molecular complexity index is 279. The van der Waals surface area contributed by atoms with E-state index in [4.69, 9.17) is 0 Å². The van der Waals surface area contributed by atoms with Crippen molar-refractivity contribution in [3.8, 4) is 0 Å². The molecule has 0 amide bonds. The second kappa shape index (κ2) is 3.83. The lowest BCUT2D eigenvalue weighted by atomic mass is 10.2. The van der Waals surface area contributed by atoms with E-state index in [2.05, 4.69) is 46.1 Å². The third-order valence-corrected chi connectivity index (χ3v) is 2.94. The minimum absolute atomic E-state index is 1.03. The van der Waals surface area contributed by atoms with Crippen molar-refractivity contribution in [2.45, 2.75) is 6.42 Å². The zero-order chi connectivity index (χ0) is 9.10. The summed E-state index contributed by atoms with van der Waals surface area (Å²) < 4.78 is 0. The van der Waals surface area contributed by atoms with Crippen LogP contribution in [0.1, 0.15) is 5.56 Å². The monoisotopic (exact) mass is 194 g/mol. The molecule has 13 heavy (non-hydrogen) atoms. The molecule has 0 bridgehead atoms. The first-order valence-corrected chi connectivity index (χ1v) is 5.42. The van der Waals surface area contributed by atoms with Gasteiger partial charge >= 0.3 is 0 Å². The van der Waals surface area contributed by atoms with Gasteiger partial charge in [-0.3, -0.25) is 0 Å². The van der Waals surface area contributed by atoms with Gasteiger partial charge in [-0.2, -0.15) is 11.3 Å². The summed E-state index contributed by atoms with van der Waals surface area (Å²) in [6.07, 6.45) is 5.43.